The van der Waals surface area contributed by atoms with Gasteiger partial charge in [0.25, 0.3) is 0 Å². The Morgan fingerprint density at radius 3 is 2.27 bits per heavy atom. The van der Waals surface area contributed by atoms with Crippen LogP contribution in [0.15, 0.2) is 24.6 Å². The van der Waals surface area contributed by atoms with Gasteiger partial charge in [-0.05, 0) is 19.8 Å². The second-order valence-electron chi connectivity index (χ2n) is 2.92. The molecule has 0 atom stereocenters. The van der Waals surface area contributed by atoms with E-state index in [1.807, 2.05) is 4.90 Å². The van der Waals surface area contributed by atoms with Crippen LogP contribution in [0.1, 0.15) is 19.8 Å². The summed E-state index contributed by atoms with van der Waals surface area (Å²) in [5, 5.41) is 0. The topological polar surface area (TPSA) is 20.3 Å². The van der Waals surface area contributed by atoms with Crippen molar-refractivity contribution in [1.29, 1.82) is 0 Å². The SMILES string of the molecule is C=C1CCC(=C)N1CC(C)=O. The number of rotatable bonds is 2. The van der Waals surface area contributed by atoms with Crippen LogP contribution < -0.4 is 0 Å². The molecule has 0 saturated carbocycles. The van der Waals surface area contributed by atoms with Gasteiger partial charge in [-0.2, -0.15) is 0 Å². The first-order valence-electron chi connectivity index (χ1n) is 3.74. The first kappa shape index (κ1) is 8.05. The standard InChI is InChI=1S/C9H13NO/c1-7-4-5-8(2)10(7)6-9(3)11/h1-2,4-6H2,3H3. The average molecular weight is 151 g/mol. The molecule has 60 valence electrons. The van der Waals surface area contributed by atoms with Gasteiger partial charge in [0.15, 0.2) is 0 Å². The highest BCUT2D eigenvalue weighted by Gasteiger charge is 2.19. The van der Waals surface area contributed by atoms with Gasteiger partial charge in [-0.1, -0.05) is 13.2 Å². The molecule has 1 heterocycles. The predicted molar refractivity (Wildman–Crippen MR) is 44.9 cm³/mol. The number of nitrogens with zero attached hydrogens (tertiary/aromatic N) is 1. The molecule has 1 aliphatic heterocycles. The van der Waals surface area contributed by atoms with Crippen LogP contribution in [0.3, 0.4) is 0 Å². The Labute approximate surface area is 67.2 Å². The second kappa shape index (κ2) is 2.91. The van der Waals surface area contributed by atoms with E-state index in [4.69, 9.17) is 0 Å². The van der Waals surface area contributed by atoms with Gasteiger partial charge in [0, 0.05) is 11.4 Å². The summed E-state index contributed by atoms with van der Waals surface area (Å²) in [4.78, 5) is 12.7. The molecule has 0 aliphatic carbocycles. The van der Waals surface area contributed by atoms with Gasteiger partial charge in [0.2, 0.25) is 0 Å². The highest BCUT2D eigenvalue weighted by Crippen LogP contribution is 2.26. The van der Waals surface area contributed by atoms with Gasteiger partial charge in [-0.25, -0.2) is 0 Å². The van der Waals surface area contributed by atoms with Crippen molar-refractivity contribution in [2.45, 2.75) is 19.8 Å². The van der Waals surface area contributed by atoms with Gasteiger partial charge in [0.05, 0.1) is 6.54 Å². The fourth-order valence-corrected chi connectivity index (χ4v) is 1.23. The quantitative estimate of drug-likeness (QED) is 0.598. The van der Waals surface area contributed by atoms with Crippen LogP contribution in [-0.2, 0) is 4.79 Å². The Kier molecular flexibility index (Phi) is 2.13. The molecule has 0 bridgehead atoms. The van der Waals surface area contributed by atoms with Crippen LogP contribution in [0.2, 0.25) is 0 Å². The predicted octanol–water partition coefficient (Wildman–Crippen LogP) is 1.70. The molecular formula is C9H13NO. The molecule has 0 unspecified atom stereocenters. The highest BCUT2D eigenvalue weighted by molar-refractivity contribution is 5.78. The maximum atomic E-state index is 10.8. The molecule has 0 radical (unpaired) electrons. The van der Waals surface area contributed by atoms with Crippen molar-refractivity contribution in [3.8, 4) is 0 Å². The number of carbonyl (C=O) groups excluding carboxylic acids is 1. The lowest BCUT2D eigenvalue weighted by atomic mass is 10.3. The molecule has 1 aliphatic rings. The van der Waals surface area contributed by atoms with E-state index in [1.54, 1.807) is 6.92 Å². The summed E-state index contributed by atoms with van der Waals surface area (Å²) in [5.41, 5.74) is 2.04. The number of allylic oxidation sites excluding steroid dienone is 2. The molecule has 1 rings (SSSR count). The highest BCUT2D eigenvalue weighted by atomic mass is 16.1. The van der Waals surface area contributed by atoms with Crippen molar-refractivity contribution in [2.24, 2.45) is 0 Å². The molecule has 2 nitrogen and oxygen atoms in total. The van der Waals surface area contributed by atoms with Crippen LogP contribution in [0.4, 0.5) is 0 Å². The zero-order valence-electron chi connectivity index (χ0n) is 6.89. The molecular weight excluding hydrogens is 138 g/mol. The van der Waals surface area contributed by atoms with Crippen molar-refractivity contribution in [3.05, 3.63) is 24.6 Å². The summed E-state index contributed by atoms with van der Waals surface area (Å²) in [5.74, 6) is 0.161. The normalized spacial score (nSPS) is 17.7. The van der Waals surface area contributed by atoms with Crippen molar-refractivity contribution in [3.63, 3.8) is 0 Å². The van der Waals surface area contributed by atoms with Crippen molar-refractivity contribution in [1.82, 2.24) is 4.90 Å². The third-order valence-corrected chi connectivity index (χ3v) is 1.85. The van der Waals surface area contributed by atoms with Gasteiger partial charge in [-0.3, -0.25) is 4.79 Å². The lowest BCUT2D eigenvalue weighted by Crippen LogP contribution is -2.21. The first-order valence-corrected chi connectivity index (χ1v) is 3.74. The van der Waals surface area contributed by atoms with E-state index in [2.05, 4.69) is 13.2 Å². The number of hydrogen-bond donors (Lipinski definition) is 0. The Morgan fingerprint density at radius 1 is 1.45 bits per heavy atom. The van der Waals surface area contributed by atoms with E-state index >= 15 is 0 Å². The number of Topliss-reactive ketones (excluding diaryl/α,β-unsaturated/α-hetero) is 1. The maximum Gasteiger partial charge on any atom is 0.149 e. The Hall–Kier alpha value is -1.05. The zero-order chi connectivity index (χ0) is 8.43. The lowest BCUT2D eigenvalue weighted by molar-refractivity contribution is -0.117. The molecule has 2 heteroatoms. The number of hydrogen-bond acceptors (Lipinski definition) is 2. The lowest BCUT2D eigenvalue weighted by Gasteiger charge is -2.18. The van der Waals surface area contributed by atoms with E-state index < -0.39 is 0 Å². The van der Waals surface area contributed by atoms with E-state index in [0.717, 1.165) is 24.2 Å². The minimum atomic E-state index is 0.161. The van der Waals surface area contributed by atoms with Crippen molar-refractivity contribution >= 4 is 5.78 Å². The van der Waals surface area contributed by atoms with Crippen LogP contribution in [0.25, 0.3) is 0 Å². The second-order valence-corrected chi connectivity index (χ2v) is 2.92. The minimum Gasteiger partial charge on any atom is -0.342 e. The van der Waals surface area contributed by atoms with Crippen LogP contribution in [0.5, 0.6) is 0 Å². The van der Waals surface area contributed by atoms with Gasteiger partial charge in [-0.15, -0.1) is 0 Å². The van der Waals surface area contributed by atoms with E-state index in [9.17, 15) is 4.79 Å². The third kappa shape index (κ3) is 1.70. The summed E-state index contributed by atoms with van der Waals surface area (Å²) in [6, 6.07) is 0. The zero-order valence-corrected chi connectivity index (χ0v) is 6.89. The number of likely N-dealkylation sites (tertiary alicyclic amines) is 1. The van der Waals surface area contributed by atoms with Gasteiger partial charge in [0.1, 0.15) is 5.78 Å². The first-order chi connectivity index (χ1) is 5.11. The molecule has 0 spiro atoms. The van der Waals surface area contributed by atoms with Crippen LogP contribution >= 0.6 is 0 Å². The summed E-state index contributed by atoms with van der Waals surface area (Å²) in [7, 11) is 0. The molecule has 1 fully saturated rings. The monoisotopic (exact) mass is 151 g/mol. The molecule has 1 saturated heterocycles. The summed E-state index contributed by atoms with van der Waals surface area (Å²) >= 11 is 0. The van der Waals surface area contributed by atoms with Crippen LogP contribution in [0, 0.1) is 0 Å². The van der Waals surface area contributed by atoms with E-state index in [1.165, 1.54) is 0 Å². The van der Waals surface area contributed by atoms with Crippen LogP contribution in [-0.4, -0.2) is 17.2 Å². The minimum absolute atomic E-state index is 0.161. The van der Waals surface area contributed by atoms with E-state index in [0.29, 0.717) is 6.54 Å². The largest absolute Gasteiger partial charge is 0.342 e. The fraction of sp³-hybridized carbons (Fsp3) is 0.444. The summed E-state index contributed by atoms with van der Waals surface area (Å²) < 4.78 is 0. The van der Waals surface area contributed by atoms with E-state index in [-0.39, 0.29) is 5.78 Å². The molecule has 0 aromatic rings. The third-order valence-electron chi connectivity index (χ3n) is 1.85. The van der Waals surface area contributed by atoms with Crippen molar-refractivity contribution < 1.29 is 4.79 Å². The molecule has 0 aromatic heterocycles. The number of carbonyl (C=O) groups is 1. The summed E-state index contributed by atoms with van der Waals surface area (Å²) in [6.45, 7) is 9.73. The smallest absolute Gasteiger partial charge is 0.149 e. The molecule has 0 amide bonds. The average Bonchev–Trinajstić information content (AvgIpc) is 2.18. The Bertz CT molecular complexity index is 202. The number of ketones is 1. The fourth-order valence-electron chi connectivity index (χ4n) is 1.23. The Morgan fingerprint density at radius 2 is 1.91 bits per heavy atom. The molecule has 11 heavy (non-hydrogen) atoms. The van der Waals surface area contributed by atoms with Gasteiger partial charge < -0.3 is 4.90 Å². The Balaban J connectivity index is 2.62. The van der Waals surface area contributed by atoms with Crippen molar-refractivity contribution in [2.75, 3.05) is 6.54 Å². The summed E-state index contributed by atoms with van der Waals surface area (Å²) in [6.07, 6.45) is 1.90. The van der Waals surface area contributed by atoms with Gasteiger partial charge >= 0.3 is 0 Å². The maximum absolute atomic E-state index is 10.8. The molecule has 0 N–H and O–H groups in total. The molecule has 0 aromatic carbocycles.